The maximum Gasteiger partial charge on any atom is 0.126 e. The molecule has 0 amide bonds. The molecule has 0 atom stereocenters. The van der Waals surface area contributed by atoms with E-state index in [-0.39, 0.29) is 0 Å². The fourth-order valence-corrected chi connectivity index (χ4v) is 2.89. The smallest absolute Gasteiger partial charge is 0.126 e. The average Bonchev–Trinajstić information content (AvgIpc) is 2.89. The van der Waals surface area contributed by atoms with E-state index in [2.05, 4.69) is 16.9 Å². The molecule has 0 aliphatic heterocycles. The summed E-state index contributed by atoms with van der Waals surface area (Å²) in [5.74, 6) is 0.818. The third kappa shape index (κ3) is 2.46. The van der Waals surface area contributed by atoms with E-state index < -0.39 is 0 Å². The molecule has 4 nitrogen and oxygen atoms in total. The van der Waals surface area contributed by atoms with Gasteiger partial charge in [-0.05, 0) is 26.3 Å². The lowest BCUT2D eigenvalue weighted by atomic mass is 10.1. The van der Waals surface area contributed by atoms with E-state index in [1.807, 2.05) is 14.0 Å². The van der Waals surface area contributed by atoms with Crippen LogP contribution in [0.15, 0.2) is 0 Å². The Labute approximate surface area is 104 Å². The van der Waals surface area contributed by atoms with Gasteiger partial charge in [0, 0.05) is 25.2 Å². The lowest BCUT2D eigenvalue weighted by Crippen LogP contribution is -2.32. The van der Waals surface area contributed by atoms with Crippen LogP contribution in [-0.2, 0) is 13.6 Å². The highest BCUT2D eigenvalue weighted by Gasteiger charge is 2.23. The van der Waals surface area contributed by atoms with Crippen LogP contribution in [-0.4, -0.2) is 27.3 Å². The molecule has 0 spiro atoms. The van der Waals surface area contributed by atoms with E-state index in [0.29, 0.717) is 0 Å². The van der Waals surface area contributed by atoms with Crippen molar-refractivity contribution in [2.75, 3.05) is 12.3 Å². The summed E-state index contributed by atoms with van der Waals surface area (Å²) in [4.78, 5) is 2.55. The first-order valence-electron chi connectivity index (χ1n) is 6.65. The second-order valence-corrected chi connectivity index (χ2v) is 5.07. The van der Waals surface area contributed by atoms with E-state index in [1.165, 1.54) is 31.2 Å². The second-order valence-electron chi connectivity index (χ2n) is 5.07. The standard InChI is InChI=1S/C13H24N4/c1-4-17(11-7-5-6-8-11)9-12-10(2)15-16(3)13(12)14/h11H,4-9,14H2,1-3H3. The minimum Gasteiger partial charge on any atom is -0.384 e. The van der Waals surface area contributed by atoms with Gasteiger partial charge < -0.3 is 5.73 Å². The monoisotopic (exact) mass is 236 g/mol. The molecule has 0 unspecified atom stereocenters. The fraction of sp³-hybridized carbons (Fsp3) is 0.769. The number of rotatable bonds is 4. The molecule has 2 rings (SSSR count). The zero-order chi connectivity index (χ0) is 12.4. The van der Waals surface area contributed by atoms with Crippen molar-refractivity contribution in [2.45, 2.75) is 52.1 Å². The van der Waals surface area contributed by atoms with E-state index >= 15 is 0 Å². The molecule has 1 aromatic rings. The molecule has 1 aliphatic rings. The van der Waals surface area contributed by atoms with Crippen LogP contribution >= 0.6 is 0 Å². The summed E-state index contributed by atoms with van der Waals surface area (Å²) in [7, 11) is 1.91. The van der Waals surface area contributed by atoms with Gasteiger partial charge in [0.2, 0.25) is 0 Å². The predicted molar refractivity (Wildman–Crippen MR) is 70.7 cm³/mol. The lowest BCUT2D eigenvalue weighted by molar-refractivity contribution is 0.200. The Morgan fingerprint density at radius 1 is 1.41 bits per heavy atom. The number of aromatic nitrogens is 2. The van der Waals surface area contributed by atoms with Gasteiger partial charge in [-0.15, -0.1) is 0 Å². The highest BCUT2D eigenvalue weighted by Crippen LogP contribution is 2.26. The topological polar surface area (TPSA) is 47.1 Å². The van der Waals surface area contributed by atoms with Crippen LogP contribution in [0.4, 0.5) is 5.82 Å². The lowest BCUT2D eigenvalue weighted by Gasteiger charge is -2.27. The van der Waals surface area contributed by atoms with Crippen LogP contribution in [0.25, 0.3) is 0 Å². The fourth-order valence-electron chi connectivity index (χ4n) is 2.89. The molecular weight excluding hydrogens is 212 g/mol. The van der Waals surface area contributed by atoms with Crippen molar-refractivity contribution >= 4 is 5.82 Å². The highest BCUT2D eigenvalue weighted by molar-refractivity contribution is 5.42. The normalized spacial score (nSPS) is 17.2. The van der Waals surface area contributed by atoms with Crippen molar-refractivity contribution in [3.8, 4) is 0 Å². The molecule has 1 aromatic heterocycles. The van der Waals surface area contributed by atoms with E-state index in [9.17, 15) is 0 Å². The van der Waals surface area contributed by atoms with Gasteiger partial charge in [-0.2, -0.15) is 5.10 Å². The molecule has 0 saturated heterocycles. The maximum absolute atomic E-state index is 6.08. The number of hydrogen-bond acceptors (Lipinski definition) is 3. The number of anilines is 1. The summed E-state index contributed by atoms with van der Waals surface area (Å²) < 4.78 is 1.78. The number of nitrogen functional groups attached to an aromatic ring is 1. The number of nitrogens with zero attached hydrogens (tertiary/aromatic N) is 3. The first-order chi connectivity index (χ1) is 8.13. The summed E-state index contributed by atoms with van der Waals surface area (Å²) >= 11 is 0. The van der Waals surface area contributed by atoms with Crippen LogP contribution < -0.4 is 5.73 Å². The number of nitrogens with two attached hydrogens (primary N) is 1. The Bertz CT molecular complexity index is 377. The molecule has 0 aromatic carbocycles. The summed E-state index contributed by atoms with van der Waals surface area (Å²) in [6.07, 6.45) is 5.44. The molecule has 0 radical (unpaired) electrons. The Kier molecular flexibility index (Phi) is 3.72. The number of hydrogen-bond donors (Lipinski definition) is 1. The highest BCUT2D eigenvalue weighted by atomic mass is 15.3. The Morgan fingerprint density at radius 2 is 2.06 bits per heavy atom. The SMILES string of the molecule is CCN(Cc1c(C)nn(C)c1N)C1CCCC1. The predicted octanol–water partition coefficient (Wildman–Crippen LogP) is 2.08. The Balaban J connectivity index is 2.12. The third-order valence-electron chi connectivity index (χ3n) is 4.00. The molecule has 4 heteroatoms. The van der Waals surface area contributed by atoms with Crippen molar-refractivity contribution < 1.29 is 0 Å². The first kappa shape index (κ1) is 12.4. The van der Waals surface area contributed by atoms with E-state index in [1.54, 1.807) is 4.68 Å². The first-order valence-corrected chi connectivity index (χ1v) is 6.65. The minimum absolute atomic E-state index is 0.749. The van der Waals surface area contributed by atoms with Crippen LogP contribution in [0.3, 0.4) is 0 Å². The quantitative estimate of drug-likeness (QED) is 0.870. The average molecular weight is 236 g/mol. The van der Waals surface area contributed by atoms with Crippen molar-refractivity contribution in [3.05, 3.63) is 11.3 Å². The molecule has 2 N–H and O–H groups in total. The molecule has 1 heterocycles. The zero-order valence-electron chi connectivity index (χ0n) is 11.2. The van der Waals surface area contributed by atoms with Gasteiger partial charge in [0.05, 0.1) is 5.69 Å². The summed E-state index contributed by atoms with van der Waals surface area (Å²) in [5, 5.41) is 4.39. The molecular formula is C13H24N4. The van der Waals surface area contributed by atoms with Gasteiger partial charge >= 0.3 is 0 Å². The second kappa shape index (κ2) is 5.08. The van der Waals surface area contributed by atoms with E-state index in [4.69, 9.17) is 5.73 Å². The van der Waals surface area contributed by atoms with Crippen LogP contribution in [0, 0.1) is 6.92 Å². The Hall–Kier alpha value is -1.03. The van der Waals surface area contributed by atoms with Crippen molar-refractivity contribution in [1.29, 1.82) is 0 Å². The number of aryl methyl sites for hydroxylation is 2. The largest absolute Gasteiger partial charge is 0.384 e. The van der Waals surface area contributed by atoms with Gasteiger partial charge in [0.15, 0.2) is 0 Å². The summed E-state index contributed by atoms with van der Waals surface area (Å²) in [6, 6.07) is 0.749. The molecule has 1 fully saturated rings. The van der Waals surface area contributed by atoms with Gasteiger partial charge in [-0.25, -0.2) is 0 Å². The third-order valence-corrected chi connectivity index (χ3v) is 4.00. The maximum atomic E-state index is 6.08. The molecule has 1 saturated carbocycles. The molecule has 0 bridgehead atoms. The Morgan fingerprint density at radius 3 is 2.53 bits per heavy atom. The van der Waals surface area contributed by atoms with Crippen molar-refractivity contribution in [2.24, 2.45) is 7.05 Å². The minimum atomic E-state index is 0.749. The molecule has 17 heavy (non-hydrogen) atoms. The van der Waals surface area contributed by atoms with Crippen LogP contribution in [0.5, 0.6) is 0 Å². The van der Waals surface area contributed by atoms with Gasteiger partial charge in [0.1, 0.15) is 5.82 Å². The molecule has 1 aliphatic carbocycles. The zero-order valence-corrected chi connectivity index (χ0v) is 11.2. The molecule has 96 valence electrons. The summed E-state index contributed by atoms with van der Waals surface area (Å²) in [5.41, 5.74) is 8.36. The van der Waals surface area contributed by atoms with Crippen molar-refractivity contribution in [1.82, 2.24) is 14.7 Å². The van der Waals surface area contributed by atoms with Crippen molar-refractivity contribution in [3.63, 3.8) is 0 Å². The van der Waals surface area contributed by atoms with Crippen LogP contribution in [0.1, 0.15) is 43.9 Å². The van der Waals surface area contributed by atoms with Crippen LogP contribution in [0.2, 0.25) is 0 Å². The van der Waals surface area contributed by atoms with Gasteiger partial charge in [-0.3, -0.25) is 9.58 Å². The summed E-state index contributed by atoms with van der Waals surface area (Å²) in [6.45, 7) is 6.33. The van der Waals surface area contributed by atoms with Gasteiger partial charge in [0.25, 0.3) is 0 Å². The van der Waals surface area contributed by atoms with E-state index in [0.717, 1.165) is 30.6 Å². The van der Waals surface area contributed by atoms with Gasteiger partial charge in [-0.1, -0.05) is 19.8 Å².